The molecule has 1 unspecified atom stereocenters. The molecule has 0 aliphatic carbocycles. The van der Waals surface area contributed by atoms with Crippen LogP contribution in [0.5, 0.6) is 0 Å². The van der Waals surface area contributed by atoms with E-state index in [0.717, 1.165) is 6.54 Å². The van der Waals surface area contributed by atoms with Gasteiger partial charge in [-0.05, 0) is 56.5 Å². The molecule has 0 saturated carbocycles. The van der Waals surface area contributed by atoms with Crippen LogP contribution in [-0.4, -0.2) is 19.1 Å². The van der Waals surface area contributed by atoms with Crippen molar-refractivity contribution in [1.29, 1.82) is 0 Å². The Balaban J connectivity index is 2.00. The van der Waals surface area contributed by atoms with Gasteiger partial charge in [0.25, 0.3) is 0 Å². The molecule has 1 saturated heterocycles. The van der Waals surface area contributed by atoms with Gasteiger partial charge in [-0.15, -0.1) is 0 Å². The molecule has 2 rings (SSSR count). The van der Waals surface area contributed by atoms with Gasteiger partial charge in [-0.1, -0.05) is 6.07 Å². The number of piperidine rings is 1. The molecule has 1 heterocycles. The van der Waals surface area contributed by atoms with Crippen LogP contribution in [0, 0.1) is 13.8 Å². The highest BCUT2D eigenvalue weighted by atomic mass is 15.0. The second kappa shape index (κ2) is 4.67. The molecule has 1 atom stereocenters. The summed E-state index contributed by atoms with van der Waals surface area (Å²) < 4.78 is 0. The van der Waals surface area contributed by atoms with Gasteiger partial charge in [0, 0.05) is 18.3 Å². The summed E-state index contributed by atoms with van der Waals surface area (Å²) in [5, 5.41) is 7.00. The second-order valence-corrected chi connectivity index (χ2v) is 4.49. The summed E-state index contributed by atoms with van der Waals surface area (Å²) in [6, 6.07) is 7.20. The van der Waals surface area contributed by atoms with Crippen molar-refractivity contribution < 1.29 is 0 Å². The first-order valence-corrected chi connectivity index (χ1v) is 5.80. The minimum absolute atomic E-state index is 0.598. The predicted molar refractivity (Wildman–Crippen MR) is 65.4 cm³/mol. The fourth-order valence-corrected chi connectivity index (χ4v) is 2.04. The quantitative estimate of drug-likeness (QED) is 0.773. The summed E-state index contributed by atoms with van der Waals surface area (Å²) in [5.41, 5.74) is 3.98. The van der Waals surface area contributed by atoms with Gasteiger partial charge in [0.15, 0.2) is 0 Å². The number of rotatable bonds is 2. The van der Waals surface area contributed by atoms with E-state index in [0.29, 0.717) is 6.04 Å². The topological polar surface area (TPSA) is 24.1 Å². The monoisotopic (exact) mass is 204 g/mol. The molecule has 1 aliphatic heterocycles. The maximum Gasteiger partial charge on any atom is 0.0386 e. The number of hydrogen-bond acceptors (Lipinski definition) is 2. The Morgan fingerprint density at radius 2 is 2.13 bits per heavy atom. The summed E-state index contributed by atoms with van der Waals surface area (Å²) in [6.07, 6.45) is 2.56. The van der Waals surface area contributed by atoms with Gasteiger partial charge >= 0.3 is 0 Å². The highest BCUT2D eigenvalue weighted by Gasteiger charge is 2.12. The van der Waals surface area contributed by atoms with Gasteiger partial charge in [0.05, 0.1) is 0 Å². The lowest BCUT2D eigenvalue weighted by Crippen LogP contribution is -2.38. The Bertz CT molecular complexity index is 327. The van der Waals surface area contributed by atoms with Crippen LogP contribution in [0.25, 0.3) is 0 Å². The number of hydrogen-bond donors (Lipinski definition) is 2. The van der Waals surface area contributed by atoms with Crippen LogP contribution in [0.15, 0.2) is 18.2 Å². The van der Waals surface area contributed by atoms with Gasteiger partial charge in [-0.2, -0.15) is 0 Å². The molecular formula is C13H20N2. The fourth-order valence-electron chi connectivity index (χ4n) is 2.04. The highest BCUT2D eigenvalue weighted by molar-refractivity contribution is 5.48. The molecule has 2 heteroatoms. The Kier molecular flexibility index (Phi) is 3.27. The minimum Gasteiger partial charge on any atom is -0.381 e. The molecule has 15 heavy (non-hydrogen) atoms. The average Bonchev–Trinajstić information content (AvgIpc) is 2.25. The van der Waals surface area contributed by atoms with Gasteiger partial charge in [-0.25, -0.2) is 0 Å². The van der Waals surface area contributed by atoms with Gasteiger partial charge in [-0.3, -0.25) is 0 Å². The van der Waals surface area contributed by atoms with E-state index < -0.39 is 0 Å². The molecule has 1 aliphatic rings. The molecule has 2 N–H and O–H groups in total. The zero-order valence-corrected chi connectivity index (χ0v) is 9.64. The summed E-state index contributed by atoms with van der Waals surface area (Å²) >= 11 is 0. The summed E-state index contributed by atoms with van der Waals surface area (Å²) in [6.45, 7) is 6.58. The first kappa shape index (κ1) is 10.5. The molecule has 0 bridgehead atoms. The third-order valence-electron chi connectivity index (χ3n) is 3.17. The smallest absolute Gasteiger partial charge is 0.0386 e. The van der Waals surface area contributed by atoms with E-state index in [1.54, 1.807) is 0 Å². The number of anilines is 1. The van der Waals surface area contributed by atoms with E-state index in [1.807, 2.05) is 0 Å². The number of aryl methyl sites for hydroxylation is 2. The summed E-state index contributed by atoms with van der Waals surface area (Å²) in [4.78, 5) is 0. The summed E-state index contributed by atoms with van der Waals surface area (Å²) in [5.74, 6) is 0. The number of nitrogens with one attached hydrogen (secondary N) is 2. The van der Waals surface area contributed by atoms with Crippen molar-refractivity contribution in [3.63, 3.8) is 0 Å². The molecule has 2 nitrogen and oxygen atoms in total. The predicted octanol–water partition coefficient (Wildman–Crippen LogP) is 2.47. The lowest BCUT2D eigenvalue weighted by Gasteiger charge is -2.25. The largest absolute Gasteiger partial charge is 0.381 e. The Labute approximate surface area is 92.1 Å². The van der Waals surface area contributed by atoms with Crippen LogP contribution in [-0.2, 0) is 0 Å². The molecular weight excluding hydrogens is 184 g/mol. The zero-order valence-electron chi connectivity index (χ0n) is 9.64. The molecule has 82 valence electrons. The summed E-state index contributed by atoms with van der Waals surface area (Å²) in [7, 11) is 0. The first-order valence-electron chi connectivity index (χ1n) is 5.80. The van der Waals surface area contributed by atoms with E-state index in [1.165, 1.54) is 36.2 Å². The van der Waals surface area contributed by atoms with Crippen LogP contribution in [0.1, 0.15) is 24.0 Å². The van der Waals surface area contributed by atoms with Crippen LogP contribution in [0.2, 0.25) is 0 Å². The molecule has 0 amide bonds. The van der Waals surface area contributed by atoms with Gasteiger partial charge < -0.3 is 10.6 Å². The van der Waals surface area contributed by atoms with E-state index in [2.05, 4.69) is 42.7 Å². The van der Waals surface area contributed by atoms with Gasteiger partial charge in [0.2, 0.25) is 0 Å². The van der Waals surface area contributed by atoms with Crippen LogP contribution in [0.4, 0.5) is 5.69 Å². The third-order valence-corrected chi connectivity index (χ3v) is 3.17. The fraction of sp³-hybridized carbons (Fsp3) is 0.538. The van der Waals surface area contributed by atoms with E-state index >= 15 is 0 Å². The lowest BCUT2D eigenvalue weighted by molar-refractivity contribution is 0.480. The van der Waals surface area contributed by atoms with Crippen molar-refractivity contribution in [3.05, 3.63) is 29.3 Å². The van der Waals surface area contributed by atoms with Crippen molar-refractivity contribution >= 4 is 5.69 Å². The molecule has 1 aromatic rings. The van der Waals surface area contributed by atoms with E-state index in [9.17, 15) is 0 Å². The Morgan fingerprint density at radius 1 is 1.27 bits per heavy atom. The second-order valence-electron chi connectivity index (χ2n) is 4.49. The maximum atomic E-state index is 3.59. The number of benzene rings is 1. The van der Waals surface area contributed by atoms with E-state index in [4.69, 9.17) is 0 Å². The molecule has 0 radical (unpaired) electrons. The van der Waals surface area contributed by atoms with E-state index in [-0.39, 0.29) is 0 Å². The zero-order chi connectivity index (χ0) is 10.7. The average molecular weight is 204 g/mol. The van der Waals surface area contributed by atoms with Crippen LogP contribution in [0.3, 0.4) is 0 Å². The van der Waals surface area contributed by atoms with Crippen LogP contribution >= 0.6 is 0 Å². The molecule has 0 aromatic heterocycles. The Morgan fingerprint density at radius 3 is 2.80 bits per heavy atom. The van der Waals surface area contributed by atoms with Crippen molar-refractivity contribution in [1.82, 2.24) is 5.32 Å². The van der Waals surface area contributed by atoms with Gasteiger partial charge in [0.1, 0.15) is 0 Å². The minimum atomic E-state index is 0.598. The van der Waals surface area contributed by atoms with Crippen LogP contribution < -0.4 is 10.6 Å². The van der Waals surface area contributed by atoms with Crippen molar-refractivity contribution in [2.45, 2.75) is 32.7 Å². The highest BCUT2D eigenvalue weighted by Crippen LogP contribution is 2.16. The van der Waals surface area contributed by atoms with Crippen molar-refractivity contribution in [3.8, 4) is 0 Å². The van der Waals surface area contributed by atoms with Crippen molar-refractivity contribution in [2.75, 3.05) is 18.4 Å². The lowest BCUT2D eigenvalue weighted by atomic mass is 10.1. The molecule has 0 spiro atoms. The van der Waals surface area contributed by atoms with Crippen molar-refractivity contribution in [2.24, 2.45) is 0 Å². The standard InChI is InChI=1S/C13H20N2/c1-10-5-6-12(8-11(10)2)15-13-4-3-7-14-9-13/h5-6,8,13-15H,3-4,7,9H2,1-2H3. The SMILES string of the molecule is Cc1ccc(NC2CCCNC2)cc1C. The Hall–Kier alpha value is -1.02. The first-order chi connectivity index (χ1) is 7.25. The third kappa shape index (κ3) is 2.72. The molecule has 1 fully saturated rings. The maximum absolute atomic E-state index is 3.59. The normalized spacial score (nSPS) is 21.3. The molecule has 1 aromatic carbocycles.